The Labute approximate surface area is 195 Å². The number of anilines is 1. The largest absolute Gasteiger partial charge is 0.355 e. The third kappa shape index (κ3) is 9.54. The van der Waals surface area contributed by atoms with Gasteiger partial charge < -0.3 is 16.0 Å². The summed E-state index contributed by atoms with van der Waals surface area (Å²) in [6, 6.07) is 18.3. The van der Waals surface area contributed by atoms with Crippen LogP contribution in [0.4, 0.5) is 5.69 Å². The fraction of sp³-hybridized carbons (Fsp3) is 0.364. The molecule has 2 rings (SSSR count). The van der Waals surface area contributed by atoms with Crippen LogP contribution >= 0.6 is 35.7 Å². The Hall–Kier alpha value is -1.74. The van der Waals surface area contributed by atoms with Gasteiger partial charge in [0.1, 0.15) is 0 Å². The fourth-order valence-corrected chi connectivity index (χ4v) is 3.36. The quantitative estimate of drug-likeness (QED) is 0.201. The molecule has 1 amide bonds. The maximum atomic E-state index is 11.7. The molecule has 0 aromatic heterocycles. The van der Waals surface area contributed by atoms with Gasteiger partial charge in [0.25, 0.3) is 0 Å². The molecule has 0 fully saturated rings. The molecule has 1 atom stereocenters. The first-order valence-electron chi connectivity index (χ1n) is 9.54. The maximum Gasteiger partial charge on any atom is 0.226 e. The number of hydrogen-bond acceptors (Lipinski definition) is 3. The number of thioether (sulfide) groups is 1. The van der Waals surface area contributed by atoms with Crippen molar-refractivity contribution in [3.63, 3.8) is 0 Å². The molecule has 5 nitrogen and oxygen atoms in total. The summed E-state index contributed by atoms with van der Waals surface area (Å²) < 4.78 is 0. The lowest BCUT2D eigenvalue weighted by Gasteiger charge is -2.16. The average Bonchev–Trinajstić information content (AvgIpc) is 2.70. The first kappa shape index (κ1) is 25.3. The van der Waals surface area contributed by atoms with E-state index in [4.69, 9.17) is 0 Å². The molecule has 7 heteroatoms. The molecule has 158 valence electrons. The number of carbonyl (C=O) groups is 1. The van der Waals surface area contributed by atoms with Gasteiger partial charge in [-0.15, -0.1) is 35.7 Å². The van der Waals surface area contributed by atoms with E-state index in [0.717, 1.165) is 23.8 Å². The van der Waals surface area contributed by atoms with Crippen LogP contribution in [0.3, 0.4) is 0 Å². The number of halogens is 1. The molecule has 0 aliphatic carbocycles. The van der Waals surface area contributed by atoms with E-state index in [1.165, 1.54) is 4.90 Å². The molecule has 0 bridgehead atoms. The van der Waals surface area contributed by atoms with Crippen molar-refractivity contribution in [3.05, 3.63) is 60.2 Å². The van der Waals surface area contributed by atoms with E-state index >= 15 is 0 Å². The molecule has 0 spiro atoms. The minimum absolute atomic E-state index is 0. The summed E-state index contributed by atoms with van der Waals surface area (Å²) in [5.41, 5.74) is 1.94. The van der Waals surface area contributed by atoms with Crippen LogP contribution in [0, 0.1) is 5.92 Å². The second kappa shape index (κ2) is 13.5. The molecule has 0 saturated carbocycles. The van der Waals surface area contributed by atoms with Crippen LogP contribution in [-0.2, 0) is 11.3 Å². The lowest BCUT2D eigenvalue weighted by molar-refractivity contribution is -0.118. The Morgan fingerprint density at radius 1 is 1.00 bits per heavy atom. The standard InChI is InChI=1S/C22H30N4OS.HI/c1-16(2)21(27)26-19-12-10-18(11-13-19)15-25-22(23-4)24-14-17(3)28-20-8-6-5-7-9-20;/h5-13,16-17H,14-15H2,1-4H3,(H,26,27)(H2,23,24,25);1H. The van der Waals surface area contributed by atoms with Gasteiger partial charge in [-0.05, 0) is 29.8 Å². The highest BCUT2D eigenvalue weighted by Crippen LogP contribution is 2.21. The Bertz CT molecular complexity index is 766. The van der Waals surface area contributed by atoms with Crippen molar-refractivity contribution in [1.29, 1.82) is 0 Å². The molecule has 0 aliphatic rings. The maximum absolute atomic E-state index is 11.7. The van der Waals surface area contributed by atoms with Crippen molar-refractivity contribution in [2.24, 2.45) is 10.9 Å². The highest BCUT2D eigenvalue weighted by atomic mass is 127. The predicted molar refractivity (Wildman–Crippen MR) is 135 cm³/mol. The summed E-state index contributed by atoms with van der Waals surface area (Å²) in [5, 5.41) is 10.0. The molecule has 2 aromatic rings. The number of nitrogens with one attached hydrogen (secondary N) is 3. The second-order valence-corrected chi connectivity index (χ2v) is 8.40. The fourth-order valence-electron chi connectivity index (χ4n) is 2.41. The van der Waals surface area contributed by atoms with Crippen LogP contribution in [0.25, 0.3) is 0 Å². The minimum Gasteiger partial charge on any atom is -0.355 e. The smallest absolute Gasteiger partial charge is 0.226 e. The summed E-state index contributed by atoms with van der Waals surface area (Å²) >= 11 is 1.84. The third-order valence-corrected chi connectivity index (χ3v) is 5.18. The summed E-state index contributed by atoms with van der Waals surface area (Å²) in [6.07, 6.45) is 0. The number of hydrogen-bond donors (Lipinski definition) is 3. The average molecular weight is 526 g/mol. The molecule has 0 heterocycles. The van der Waals surface area contributed by atoms with Crippen LogP contribution in [-0.4, -0.2) is 30.7 Å². The molecule has 3 N–H and O–H groups in total. The van der Waals surface area contributed by atoms with Crippen molar-refractivity contribution in [3.8, 4) is 0 Å². The van der Waals surface area contributed by atoms with Crippen LogP contribution in [0.15, 0.2) is 64.5 Å². The Balaban J connectivity index is 0.00000420. The van der Waals surface area contributed by atoms with Gasteiger partial charge in [-0.25, -0.2) is 0 Å². The Morgan fingerprint density at radius 3 is 2.24 bits per heavy atom. The van der Waals surface area contributed by atoms with E-state index in [1.807, 2.05) is 55.9 Å². The molecule has 1 unspecified atom stereocenters. The summed E-state index contributed by atoms with van der Waals surface area (Å²) in [6.45, 7) is 7.44. The van der Waals surface area contributed by atoms with Crippen molar-refractivity contribution in [2.75, 3.05) is 18.9 Å². The van der Waals surface area contributed by atoms with E-state index in [1.54, 1.807) is 7.05 Å². The van der Waals surface area contributed by atoms with E-state index < -0.39 is 0 Å². The topological polar surface area (TPSA) is 65.5 Å². The van der Waals surface area contributed by atoms with E-state index in [0.29, 0.717) is 11.8 Å². The van der Waals surface area contributed by atoms with E-state index in [-0.39, 0.29) is 35.8 Å². The van der Waals surface area contributed by atoms with Gasteiger partial charge >= 0.3 is 0 Å². The van der Waals surface area contributed by atoms with E-state index in [2.05, 4.69) is 52.1 Å². The Kier molecular flexibility index (Phi) is 11.8. The lowest BCUT2D eigenvalue weighted by atomic mass is 10.1. The molecule has 0 saturated heterocycles. The van der Waals surface area contributed by atoms with Gasteiger partial charge in [0.2, 0.25) is 5.91 Å². The van der Waals surface area contributed by atoms with Gasteiger partial charge in [0.15, 0.2) is 5.96 Å². The zero-order chi connectivity index (χ0) is 20.4. The monoisotopic (exact) mass is 526 g/mol. The van der Waals surface area contributed by atoms with Gasteiger partial charge in [-0.1, -0.05) is 51.1 Å². The van der Waals surface area contributed by atoms with Crippen LogP contribution in [0.5, 0.6) is 0 Å². The van der Waals surface area contributed by atoms with Crippen LogP contribution < -0.4 is 16.0 Å². The van der Waals surface area contributed by atoms with E-state index in [9.17, 15) is 4.79 Å². The number of benzene rings is 2. The zero-order valence-corrected chi connectivity index (χ0v) is 20.6. The van der Waals surface area contributed by atoms with Crippen LogP contribution in [0.2, 0.25) is 0 Å². The summed E-state index contributed by atoms with van der Waals surface area (Å²) in [7, 11) is 1.77. The van der Waals surface area contributed by atoms with Gasteiger partial charge in [-0.2, -0.15) is 0 Å². The van der Waals surface area contributed by atoms with Crippen molar-refractivity contribution < 1.29 is 4.79 Å². The van der Waals surface area contributed by atoms with Gasteiger partial charge in [0, 0.05) is 41.9 Å². The number of carbonyl (C=O) groups excluding carboxylic acids is 1. The molecule has 29 heavy (non-hydrogen) atoms. The lowest BCUT2D eigenvalue weighted by Crippen LogP contribution is -2.39. The molecular formula is C22H31IN4OS. The minimum atomic E-state index is -0.0295. The normalized spacial score (nSPS) is 12.1. The Morgan fingerprint density at radius 2 is 1.66 bits per heavy atom. The summed E-state index contributed by atoms with van der Waals surface area (Å²) in [5.74, 6) is 0.772. The predicted octanol–water partition coefficient (Wildman–Crippen LogP) is 4.74. The summed E-state index contributed by atoms with van der Waals surface area (Å²) in [4.78, 5) is 17.3. The molecule has 2 aromatic carbocycles. The van der Waals surface area contributed by atoms with Gasteiger partial charge in [-0.3, -0.25) is 9.79 Å². The number of amides is 1. The first-order chi connectivity index (χ1) is 13.5. The number of aliphatic imine (C=N–C) groups is 1. The zero-order valence-electron chi connectivity index (χ0n) is 17.4. The van der Waals surface area contributed by atoms with Gasteiger partial charge in [0.05, 0.1) is 0 Å². The number of nitrogens with zero attached hydrogens (tertiary/aromatic N) is 1. The second-order valence-electron chi connectivity index (χ2n) is 6.89. The SMILES string of the molecule is CN=C(NCc1ccc(NC(=O)C(C)C)cc1)NCC(C)Sc1ccccc1.I. The highest BCUT2D eigenvalue weighted by molar-refractivity contribution is 14.0. The molecule has 0 aliphatic heterocycles. The highest BCUT2D eigenvalue weighted by Gasteiger charge is 2.08. The third-order valence-electron chi connectivity index (χ3n) is 4.07. The van der Waals surface area contributed by atoms with Crippen LogP contribution in [0.1, 0.15) is 26.3 Å². The molecular weight excluding hydrogens is 495 g/mol. The number of guanidine groups is 1. The first-order valence-corrected chi connectivity index (χ1v) is 10.4. The molecule has 0 radical (unpaired) electrons. The van der Waals surface area contributed by atoms with Crippen molar-refractivity contribution in [1.82, 2.24) is 10.6 Å². The number of rotatable bonds is 8. The van der Waals surface area contributed by atoms with Crippen molar-refractivity contribution >= 4 is 53.3 Å². The van der Waals surface area contributed by atoms with Crippen molar-refractivity contribution in [2.45, 2.75) is 37.5 Å².